The van der Waals surface area contributed by atoms with Crippen LogP contribution in [0.2, 0.25) is 5.02 Å². The van der Waals surface area contributed by atoms with Gasteiger partial charge in [-0.05, 0) is 30.5 Å². The van der Waals surface area contributed by atoms with E-state index in [-0.39, 0.29) is 17.8 Å². The van der Waals surface area contributed by atoms with E-state index in [9.17, 15) is 9.18 Å². The fraction of sp³-hybridized carbons (Fsp3) is 0.333. The molecule has 0 aliphatic carbocycles. The number of aryl methyl sites for hydroxylation is 1. The van der Waals surface area contributed by atoms with Crippen LogP contribution in [0.15, 0.2) is 30.5 Å². The van der Waals surface area contributed by atoms with Crippen molar-refractivity contribution in [3.8, 4) is 0 Å². The van der Waals surface area contributed by atoms with E-state index in [4.69, 9.17) is 11.6 Å². The minimum atomic E-state index is -0.274. The van der Waals surface area contributed by atoms with Crippen molar-refractivity contribution in [1.29, 1.82) is 0 Å². The largest absolute Gasteiger partial charge is 0.330 e. The van der Waals surface area contributed by atoms with Crippen LogP contribution in [-0.2, 0) is 7.05 Å². The molecule has 1 saturated heterocycles. The van der Waals surface area contributed by atoms with Gasteiger partial charge in [0.15, 0.2) is 0 Å². The van der Waals surface area contributed by atoms with Gasteiger partial charge in [-0.25, -0.2) is 4.39 Å². The number of carbonyl (C=O) groups is 1. The zero-order chi connectivity index (χ0) is 15.0. The van der Waals surface area contributed by atoms with Crippen molar-refractivity contribution in [3.05, 3.63) is 52.6 Å². The standard InChI is InChI=1S/C15H15ClFN3O/c1-19-14(12(16)9-18-19)15(21)20-8-2-3-13(20)10-4-6-11(17)7-5-10/h4-7,9,13H,2-3,8H2,1H3. The predicted molar refractivity (Wildman–Crippen MR) is 77.6 cm³/mol. The molecule has 4 nitrogen and oxygen atoms in total. The van der Waals surface area contributed by atoms with E-state index in [1.807, 2.05) is 0 Å². The molecule has 1 unspecified atom stereocenters. The molecular weight excluding hydrogens is 293 g/mol. The van der Waals surface area contributed by atoms with E-state index < -0.39 is 0 Å². The minimum absolute atomic E-state index is 0.0379. The molecule has 0 saturated carbocycles. The van der Waals surface area contributed by atoms with Crippen LogP contribution in [0.1, 0.15) is 34.9 Å². The van der Waals surface area contributed by atoms with Crippen LogP contribution in [0.3, 0.4) is 0 Å². The van der Waals surface area contributed by atoms with E-state index in [0.717, 1.165) is 18.4 Å². The molecule has 2 heterocycles. The molecule has 3 rings (SSSR count). The summed E-state index contributed by atoms with van der Waals surface area (Å²) in [6.07, 6.45) is 3.26. The summed E-state index contributed by atoms with van der Waals surface area (Å²) in [5, 5.41) is 4.36. The molecule has 0 N–H and O–H groups in total. The van der Waals surface area contributed by atoms with Gasteiger partial charge in [0.05, 0.1) is 17.3 Å². The molecule has 21 heavy (non-hydrogen) atoms. The van der Waals surface area contributed by atoms with Crippen molar-refractivity contribution >= 4 is 17.5 Å². The smallest absolute Gasteiger partial charge is 0.274 e. The number of carbonyl (C=O) groups excluding carboxylic acids is 1. The van der Waals surface area contributed by atoms with E-state index in [1.54, 1.807) is 24.1 Å². The fourth-order valence-corrected chi connectivity index (χ4v) is 3.08. The molecule has 0 bridgehead atoms. The maximum Gasteiger partial charge on any atom is 0.274 e. The number of nitrogens with zero attached hydrogens (tertiary/aromatic N) is 3. The molecule has 110 valence electrons. The number of hydrogen-bond donors (Lipinski definition) is 0. The zero-order valence-electron chi connectivity index (χ0n) is 11.6. The molecule has 1 aromatic heterocycles. The van der Waals surface area contributed by atoms with Crippen LogP contribution in [0, 0.1) is 5.82 Å². The Morgan fingerprint density at radius 2 is 2.10 bits per heavy atom. The molecular formula is C15H15ClFN3O. The fourth-order valence-electron chi connectivity index (χ4n) is 2.83. The van der Waals surface area contributed by atoms with Crippen molar-refractivity contribution in [2.75, 3.05) is 6.54 Å². The monoisotopic (exact) mass is 307 g/mol. The SMILES string of the molecule is Cn1ncc(Cl)c1C(=O)N1CCCC1c1ccc(F)cc1. The Balaban J connectivity index is 1.90. The van der Waals surface area contributed by atoms with Gasteiger partial charge in [-0.1, -0.05) is 23.7 Å². The first-order chi connectivity index (χ1) is 10.1. The molecule has 0 radical (unpaired) electrons. The van der Waals surface area contributed by atoms with Crippen molar-refractivity contribution in [2.45, 2.75) is 18.9 Å². The van der Waals surface area contributed by atoms with Crippen LogP contribution in [0.25, 0.3) is 0 Å². The molecule has 1 amide bonds. The van der Waals surface area contributed by atoms with Gasteiger partial charge in [0.2, 0.25) is 0 Å². The molecule has 1 aliphatic rings. The van der Waals surface area contributed by atoms with Crippen molar-refractivity contribution in [3.63, 3.8) is 0 Å². The normalized spacial score (nSPS) is 18.2. The highest BCUT2D eigenvalue weighted by Gasteiger charge is 2.32. The summed E-state index contributed by atoms with van der Waals surface area (Å²) in [4.78, 5) is 14.5. The maximum atomic E-state index is 13.0. The van der Waals surface area contributed by atoms with Gasteiger partial charge in [-0.2, -0.15) is 5.10 Å². The van der Waals surface area contributed by atoms with Crippen LogP contribution >= 0.6 is 11.6 Å². The lowest BCUT2D eigenvalue weighted by Crippen LogP contribution is -2.32. The molecule has 1 atom stereocenters. The summed E-state index contributed by atoms with van der Waals surface area (Å²) in [5.74, 6) is -0.406. The van der Waals surface area contributed by atoms with Gasteiger partial charge >= 0.3 is 0 Å². The Kier molecular flexibility index (Phi) is 3.68. The van der Waals surface area contributed by atoms with Crippen molar-refractivity contribution < 1.29 is 9.18 Å². The first-order valence-corrected chi connectivity index (χ1v) is 7.19. The first kappa shape index (κ1) is 14.1. The second-order valence-electron chi connectivity index (χ2n) is 5.17. The highest BCUT2D eigenvalue weighted by molar-refractivity contribution is 6.33. The number of likely N-dealkylation sites (tertiary alicyclic amines) is 1. The Bertz CT molecular complexity index is 649. The van der Waals surface area contributed by atoms with E-state index in [1.165, 1.54) is 23.0 Å². The minimum Gasteiger partial charge on any atom is -0.330 e. The lowest BCUT2D eigenvalue weighted by atomic mass is 10.0. The van der Waals surface area contributed by atoms with Gasteiger partial charge in [0.1, 0.15) is 11.5 Å². The van der Waals surface area contributed by atoms with E-state index in [0.29, 0.717) is 17.3 Å². The summed E-state index contributed by atoms with van der Waals surface area (Å²) in [7, 11) is 1.70. The number of aromatic nitrogens is 2. The third kappa shape index (κ3) is 2.53. The van der Waals surface area contributed by atoms with Gasteiger partial charge in [-0.3, -0.25) is 9.48 Å². The number of hydrogen-bond acceptors (Lipinski definition) is 2. The summed E-state index contributed by atoms with van der Waals surface area (Å²) in [5.41, 5.74) is 1.34. The van der Waals surface area contributed by atoms with Gasteiger partial charge in [0.25, 0.3) is 5.91 Å². The average Bonchev–Trinajstić information content (AvgIpc) is 3.07. The quantitative estimate of drug-likeness (QED) is 0.854. The van der Waals surface area contributed by atoms with Gasteiger partial charge < -0.3 is 4.90 Å². The Morgan fingerprint density at radius 1 is 1.38 bits per heavy atom. The molecule has 1 aromatic carbocycles. The van der Waals surface area contributed by atoms with Crippen LogP contribution in [-0.4, -0.2) is 27.1 Å². The summed E-state index contributed by atoms with van der Waals surface area (Å²) in [6.45, 7) is 0.669. The van der Waals surface area contributed by atoms with Crippen LogP contribution in [0.5, 0.6) is 0 Å². The van der Waals surface area contributed by atoms with E-state index in [2.05, 4.69) is 5.10 Å². The maximum absolute atomic E-state index is 13.0. The second kappa shape index (κ2) is 5.48. The Hall–Kier alpha value is -1.88. The summed E-state index contributed by atoms with van der Waals surface area (Å²) in [6, 6.07) is 6.28. The Morgan fingerprint density at radius 3 is 2.71 bits per heavy atom. The lowest BCUT2D eigenvalue weighted by molar-refractivity contribution is 0.0724. The molecule has 1 aliphatic heterocycles. The molecule has 2 aromatic rings. The van der Waals surface area contributed by atoms with Crippen molar-refractivity contribution in [2.24, 2.45) is 7.05 Å². The molecule has 6 heteroatoms. The first-order valence-electron chi connectivity index (χ1n) is 6.82. The molecule has 1 fully saturated rings. The van der Waals surface area contributed by atoms with Crippen molar-refractivity contribution in [1.82, 2.24) is 14.7 Å². The van der Waals surface area contributed by atoms with E-state index >= 15 is 0 Å². The zero-order valence-corrected chi connectivity index (χ0v) is 12.3. The number of rotatable bonds is 2. The number of benzene rings is 1. The number of amides is 1. The Labute approximate surface area is 127 Å². The highest BCUT2D eigenvalue weighted by atomic mass is 35.5. The average molecular weight is 308 g/mol. The lowest BCUT2D eigenvalue weighted by Gasteiger charge is -2.25. The van der Waals surface area contributed by atoms with Gasteiger partial charge in [-0.15, -0.1) is 0 Å². The topological polar surface area (TPSA) is 38.1 Å². The van der Waals surface area contributed by atoms with Gasteiger partial charge in [0, 0.05) is 13.6 Å². The van der Waals surface area contributed by atoms with Crippen LogP contribution in [0.4, 0.5) is 4.39 Å². The van der Waals surface area contributed by atoms with Crippen LogP contribution < -0.4 is 0 Å². The molecule has 0 spiro atoms. The summed E-state index contributed by atoms with van der Waals surface area (Å²) >= 11 is 6.05. The number of halogens is 2. The third-order valence-corrected chi connectivity index (χ3v) is 4.14. The summed E-state index contributed by atoms with van der Waals surface area (Å²) < 4.78 is 14.5. The second-order valence-corrected chi connectivity index (χ2v) is 5.58. The predicted octanol–water partition coefficient (Wildman–Crippen LogP) is 3.19. The third-order valence-electron chi connectivity index (χ3n) is 3.87. The highest BCUT2D eigenvalue weighted by Crippen LogP contribution is 2.34.